The van der Waals surface area contributed by atoms with E-state index in [-0.39, 0.29) is 11.6 Å². The fourth-order valence-corrected chi connectivity index (χ4v) is 5.29. The van der Waals surface area contributed by atoms with E-state index in [9.17, 15) is 9.59 Å². The summed E-state index contributed by atoms with van der Waals surface area (Å²) in [5, 5.41) is 0. The summed E-state index contributed by atoms with van der Waals surface area (Å²) in [7, 11) is 0. The molecule has 6 nitrogen and oxygen atoms in total. The van der Waals surface area contributed by atoms with E-state index < -0.39 is 0 Å². The molecule has 0 amide bonds. The standard InChI is InChI=1S/C26H28N4O2/c1-2-25(31)21-6-5-19(14-28-21)30-8-7-29(23-12-24(23)30)15-16-9-18-10-26(32)20(17-3-4-17)11-22(18)27-13-16/h5-6,9,11,13-14,17,23-24H,2-4,7-8,10,12,15H2,1H3/t23-,24+/m0/s1. The van der Waals surface area contributed by atoms with Crippen molar-refractivity contribution in [3.8, 4) is 0 Å². The van der Waals surface area contributed by atoms with Crippen LogP contribution in [0.15, 0.2) is 36.2 Å². The van der Waals surface area contributed by atoms with Crippen LogP contribution >= 0.6 is 0 Å². The Balaban J connectivity index is 1.12. The fraction of sp³-hybridized carbons (Fsp3) is 0.462. The average Bonchev–Trinajstić information content (AvgIpc) is 3.72. The van der Waals surface area contributed by atoms with Crippen LogP contribution in [-0.2, 0) is 17.8 Å². The van der Waals surface area contributed by atoms with Crippen LogP contribution in [0, 0.1) is 5.92 Å². The van der Waals surface area contributed by atoms with Gasteiger partial charge in [0.1, 0.15) is 5.69 Å². The largest absolute Gasteiger partial charge is 0.364 e. The van der Waals surface area contributed by atoms with Gasteiger partial charge in [0.25, 0.3) is 0 Å². The maximum Gasteiger partial charge on any atom is 0.180 e. The summed E-state index contributed by atoms with van der Waals surface area (Å²) < 4.78 is 0. The number of aromatic nitrogens is 2. The van der Waals surface area contributed by atoms with Gasteiger partial charge in [-0.15, -0.1) is 0 Å². The number of allylic oxidation sites excluding steroid dienone is 1. The van der Waals surface area contributed by atoms with Gasteiger partial charge in [-0.3, -0.25) is 24.5 Å². The predicted octanol–water partition coefficient (Wildman–Crippen LogP) is 3.45. The molecular weight excluding hydrogens is 400 g/mol. The second-order valence-electron chi connectivity index (χ2n) is 9.57. The van der Waals surface area contributed by atoms with Crippen molar-refractivity contribution < 1.29 is 9.59 Å². The quantitative estimate of drug-likeness (QED) is 0.657. The van der Waals surface area contributed by atoms with Gasteiger partial charge in [0.15, 0.2) is 11.6 Å². The predicted molar refractivity (Wildman–Crippen MR) is 122 cm³/mol. The van der Waals surface area contributed by atoms with E-state index in [0.29, 0.717) is 36.5 Å². The van der Waals surface area contributed by atoms with E-state index in [0.717, 1.165) is 61.4 Å². The molecule has 0 unspecified atom stereocenters. The molecule has 2 atom stereocenters. The average molecular weight is 429 g/mol. The van der Waals surface area contributed by atoms with Crippen LogP contribution < -0.4 is 4.90 Å². The zero-order valence-corrected chi connectivity index (χ0v) is 18.5. The molecule has 4 aliphatic rings. The van der Waals surface area contributed by atoms with E-state index in [4.69, 9.17) is 4.98 Å². The van der Waals surface area contributed by atoms with Crippen molar-refractivity contribution in [1.29, 1.82) is 0 Å². The second kappa shape index (κ2) is 7.62. The van der Waals surface area contributed by atoms with Crippen molar-refractivity contribution in [2.75, 3.05) is 18.0 Å². The minimum absolute atomic E-state index is 0.0882. The third-order valence-electron chi connectivity index (χ3n) is 7.33. The Morgan fingerprint density at radius 1 is 1.12 bits per heavy atom. The number of pyridine rings is 2. The molecule has 2 aromatic rings. The van der Waals surface area contributed by atoms with Gasteiger partial charge in [-0.05, 0) is 54.5 Å². The van der Waals surface area contributed by atoms with Crippen molar-refractivity contribution in [2.45, 2.75) is 57.7 Å². The Bertz CT molecular complexity index is 1120. The highest BCUT2D eigenvalue weighted by atomic mass is 16.1. The summed E-state index contributed by atoms with van der Waals surface area (Å²) >= 11 is 0. The number of carbonyl (C=O) groups excluding carboxylic acids is 2. The molecule has 0 bridgehead atoms. The summed E-state index contributed by atoms with van der Waals surface area (Å²) in [4.78, 5) is 38.4. The molecule has 0 aromatic carbocycles. The lowest BCUT2D eigenvalue weighted by molar-refractivity contribution is -0.115. The SMILES string of the molecule is CCC(=O)c1ccc(N2CCN(Cc3cnc4c(c3)CC(=O)C(C3CC3)=C4)[C@H]3C[C@H]32)cn1. The number of Topliss-reactive ketones (excluding diaryl/α,β-unsaturated/α-hetero) is 2. The molecule has 0 radical (unpaired) electrons. The maximum absolute atomic E-state index is 12.5. The number of anilines is 1. The highest BCUT2D eigenvalue weighted by Gasteiger charge is 2.49. The minimum atomic E-state index is 0.0882. The van der Waals surface area contributed by atoms with Crippen LogP contribution in [0.25, 0.3) is 6.08 Å². The van der Waals surface area contributed by atoms with Crippen LogP contribution in [0.5, 0.6) is 0 Å². The number of piperazine rings is 1. The lowest BCUT2D eigenvalue weighted by Gasteiger charge is -2.35. The highest BCUT2D eigenvalue weighted by Crippen LogP contribution is 2.41. The number of hydrogen-bond acceptors (Lipinski definition) is 6. The monoisotopic (exact) mass is 428 g/mol. The van der Waals surface area contributed by atoms with Crippen molar-refractivity contribution in [3.05, 3.63) is 58.7 Å². The van der Waals surface area contributed by atoms with Gasteiger partial charge in [-0.2, -0.15) is 0 Å². The molecule has 2 saturated carbocycles. The fourth-order valence-electron chi connectivity index (χ4n) is 5.29. The third kappa shape index (κ3) is 3.56. The molecule has 0 N–H and O–H groups in total. The molecule has 6 heteroatoms. The van der Waals surface area contributed by atoms with Crippen LogP contribution in [0.3, 0.4) is 0 Å². The number of nitrogens with zero attached hydrogens (tertiary/aromatic N) is 4. The topological polar surface area (TPSA) is 66.4 Å². The Labute approximate surface area is 188 Å². The van der Waals surface area contributed by atoms with Crippen LogP contribution in [0.4, 0.5) is 5.69 Å². The zero-order chi connectivity index (χ0) is 21.8. The van der Waals surface area contributed by atoms with E-state index in [1.807, 2.05) is 37.5 Å². The molecule has 32 heavy (non-hydrogen) atoms. The van der Waals surface area contributed by atoms with Gasteiger partial charge in [0, 0.05) is 56.3 Å². The van der Waals surface area contributed by atoms with Crippen molar-refractivity contribution in [3.63, 3.8) is 0 Å². The van der Waals surface area contributed by atoms with Gasteiger partial charge < -0.3 is 4.90 Å². The van der Waals surface area contributed by atoms with Gasteiger partial charge in [-0.25, -0.2) is 0 Å². The summed E-state index contributed by atoms with van der Waals surface area (Å²) in [5.41, 5.74) is 5.92. The maximum atomic E-state index is 12.5. The van der Waals surface area contributed by atoms with Gasteiger partial charge in [0.05, 0.1) is 17.6 Å². The normalized spacial score (nSPS) is 24.6. The first-order valence-electron chi connectivity index (χ1n) is 11.8. The van der Waals surface area contributed by atoms with Crippen LogP contribution in [0.1, 0.15) is 59.9 Å². The van der Waals surface area contributed by atoms with E-state index in [1.54, 1.807) is 0 Å². The minimum Gasteiger partial charge on any atom is -0.364 e. The molecule has 2 aromatic heterocycles. The van der Waals surface area contributed by atoms with Crippen molar-refractivity contribution in [1.82, 2.24) is 14.9 Å². The number of rotatable bonds is 6. The zero-order valence-electron chi connectivity index (χ0n) is 18.5. The molecule has 3 heterocycles. The molecule has 1 aliphatic heterocycles. The van der Waals surface area contributed by atoms with E-state index >= 15 is 0 Å². The smallest absolute Gasteiger partial charge is 0.180 e. The van der Waals surface area contributed by atoms with Gasteiger partial charge in [-0.1, -0.05) is 13.0 Å². The molecular formula is C26H28N4O2. The third-order valence-corrected chi connectivity index (χ3v) is 7.33. The Kier molecular flexibility index (Phi) is 4.72. The first kappa shape index (κ1) is 19.8. The lowest BCUT2D eigenvalue weighted by Crippen LogP contribution is -2.46. The summed E-state index contributed by atoms with van der Waals surface area (Å²) in [6.45, 7) is 4.68. The highest BCUT2D eigenvalue weighted by molar-refractivity contribution is 6.04. The number of hydrogen-bond donors (Lipinski definition) is 0. The first-order chi connectivity index (χ1) is 15.6. The number of fused-ring (bicyclic) bond motifs is 2. The van der Waals surface area contributed by atoms with Gasteiger partial charge >= 0.3 is 0 Å². The summed E-state index contributed by atoms with van der Waals surface area (Å²) in [5.74, 6) is 0.860. The molecule has 1 saturated heterocycles. The van der Waals surface area contributed by atoms with E-state index in [2.05, 4.69) is 20.9 Å². The van der Waals surface area contributed by atoms with Crippen molar-refractivity contribution in [2.24, 2.45) is 5.92 Å². The summed E-state index contributed by atoms with van der Waals surface area (Å²) in [6.07, 6.45) is 10.3. The van der Waals surface area contributed by atoms with Crippen LogP contribution in [-0.4, -0.2) is 51.6 Å². The lowest BCUT2D eigenvalue weighted by atomic mass is 9.91. The number of carbonyl (C=O) groups is 2. The van der Waals surface area contributed by atoms with Crippen LogP contribution in [0.2, 0.25) is 0 Å². The molecule has 3 aliphatic carbocycles. The molecule has 164 valence electrons. The number of ketones is 2. The summed E-state index contributed by atoms with van der Waals surface area (Å²) in [6, 6.07) is 7.13. The molecule has 0 spiro atoms. The molecule has 3 fully saturated rings. The van der Waals surface area contributed by atoms with E-state index in [1.165, 1.54) is 5.56 Å². The Hall–Kier alpha value is -2.86. The van der Waals surface area contributed by atoms with Crippen molar-refractivity contribution >= 4 is 23.3 Å². The Morgan fingerprint density at radius 2 is 2.00 bits per heavy atom. The Morgan fingerprint density at radius 3 is 2.75 bits per heavy atom. The molecule has 6 rings (SSSR count). The first-order valence-corrected chi connectivity index (χ1v) is 11.8. The van der Waals surface area contributed by atoms with Gasteiger partial charge in [0.2, 0.25) is 0 Å². The second-order valence-corrected chi connectivity index (χ2v) is 9.57.